The first-order valence-corrected chi connectivity index (χ1v) is 13.3. The van der Waals surface area contributed by atoms with Gasteiger partial charge in [-0.25, -0.2) is 8.42 Å². The summed E-state index contributed by atoms with van der Waals surface area (Å²) in [5.74, 6) is -0.307. The number of anilines is 1. The standard InChI is InChI=1S/C28H33N3O5S/c1-20-6-10-23(11-7-20)18-30(22(3)28(33)29-4)27(32)19-31(24-12-14-25(36-5)15-13-24)37(34,35)26-16-8-21(2)9-17-26/h6-17,22H,18-19H2,1-5H3,(H,29,33)/t22-/m1/s1. The van der Waals surface area contributed by atoms with Crippen LogP contribution in [0.5, 0.6) is 5.75 Å². The molecule has 37 heavy (non-hydrogen) atoms. The number of rotatable bonds is 10. The van der Waals surface area contributed by atoms with Crippen molar-refractivity contribution < 1.29 is 22.7 Å². The Balaban J connectivity index is 2.02. The molecule has 3 aromatic rings. The van der Waals surface area contributed by atoms with Gasteiger partial charge in [0.1, 0.15) is 18.3 Å². The zero-order valence-electron chi connectivity index (χ0n) is 21.8. The Morgan fingerprint density at radius 2 is 1.43 bits per heavy atom. The molecule has 0 unspecified atom stereocenters. The van der Waals surface area contributed by atoms with E-state index in [0.717, 1.165) is 21.0 Å². The van der Waals surface area contributed by atoms with Crippen LogP contribution in [-0.4, -0.2) is 51.9 Å². The number of amides is 2. The van der Waals surface area contributed by atoms with Crippen molar-refractivity contribution in [1.29, 1.82) is 0 Å². The van der Waals surface area contributed by atoms with Crippen molar-refractivity contribution in [2.75, 3.05) is 25.0 Å². The number of hydrogen-bond donors (Lipinski definition) is 1. The number of ether oxygens (including phenoxy) is 1. The number of carbonyl (C=O) groups is 2. The summed E-state index contributed by atoms with van der Waals surface area (Å²) >= 11 is 0. The van der Waals surface area contributed by atoms with Crippen LogP contribution in [0, 0.1) is 13.8 Å². The van der Waals surface area contributed by atoms with E-state index in [9.17, 15) is 18.0 Å². The van der Waals surface area contributed by atoms with Crippen LogP contribution < -0.4 is 14.4 Å². The van der Waals surface area contributed by atoms with Crippen molar-refractivity contribution in [2.24, 2.45) is 0 Å². The van der Waals surface area contributed by atoms with Gasteiger partial charge in [0.25, 0.3) is 10.0 Å². The first-order valence-electron chi connectivity index (χ1n) is 11.9. The van der Waals surface area contributed by atoms with Crippen LogP contribution in [0.25, 0.3) is 0 Å². The van der Waals surface area contributed by atoms with Crippen LogP contribution in [0.1, 0.15) is 23.6 Å². The second-order valence-electron chi connectivity index (χ2n) is 8.82. The van der Waals surface area contributed by atoms with Gasteiger partial charge in [-0.15, -0.1) is 0 Å². The second-order valence-corrected chi connectivity index (χ2v) is 10.7. The Morgan fingerprint density at radius 1 is 0.892 bits per heavy atom. The SMILES string of the molecule is CNC(=O)[C@@H](C)N(Cc1ccc(C)cc1)C(=O)CN(c1ccc(OC)cc1)S(=O)(=O)c1ccc(C)cc1. The third kappa shape index (κ3) is 6.68. The summed E-state index contributed by atoms with van der Waals surface area (Å²) in [6.45, 7) is 5.11. The van der Waals surface area contributed by atoms with Gasteiger partial charge in [0.2, 0.25) is 11.8 Å². The van der Waals surface area contributed by atoms with Gasteiger partial charge in [-0.2, -0.15) is 0 Å². The normalized spacial score (nSPS) is 11.9. The molecule has 0 saturated carbocycles. The number of sulfonamides is 1. The van der Waals surface area contributed by atoms with Crippen molar-refractivity contribution in [3.8, 4) is 5.75 Å². The Bertz CT molecular complexity index is 1320. The summed E-state index contributed by atoms with van der Waals surface area (Å²) in [4.78, 5) is 27.7. The molecule has 196 valence electrons. The highest BCUT2D eigenvalue weighted by atomic mass is 32.2. The molecule has 0 aliphatic heterocycles. The quantitative estimate of drug-likeness (QED) is 0.438. The summed E-state index contributed by atoms with van der Waals surface area (Å²) in [5.41, 5.74) is 3.11. The Kier molecular flexibility index (Phi) is 8.94. The molecular weight excluding hydrogens is 490 g/mol. The van der Waals surface area contributed by atoms with Crippen LogP contribution in [0.3, 0.4) is 0 Å². The van der Waals surface area contributed by atoms with E-state index >= 15 is 0 Å². The summed E-state index contributed by atoms with van der Waals surface area (Å²) < 4.78 is 33.8. The first-order chi connectivity index (χ1) is 17.6. The molecule has 0 aliphatic carbocycles. The van der Waals surface area contributed by atoms with Gasteiger partial charge in [0, 0.05) is 13.6 Å². The number of carbonyl (C=O) groups excluding carboxylic acids is 2. The molecule has 3 aromatic carbocycles. The Labute approximate surface area is 218 Å². The van der Waals surface area contributed by atoms with E-state index in [4.69, 9.17) is 4.74 Å². The molecule has 0 saturated heterocycles. The van der Waals surface area contributed by atoms with Crippen molar-refractivity contribution in [3.05, 3.63) is 89.5 Å². The van der Waals surface area contributed by atoms with E-state index in [1.54, 1.807) is 43.3 Å². The van der Waals surface area contributed by atoms with E-state index in [1.807, 2.05) is 38.1 Å². The summed E-state index contributed by atoms with van der Waals surface area (Å²) in [7, 11) is -1.09. The molecule has 8 nitrogen and oxygen atoms in total. The van der Waals surface area contributed by atoms with E-state index in [1.165, 1.54) is 31.2 Å². The van der Waals surface area contributed by atoms with E-state index in [2.05, 4.69) is 5.32 Å². The molecular formula is C28H33N3O5S. The molecule has 9 heteroatoms. The maximum absolute atomic E-state index is 13.8. The lowest BCUT2D eigenvalue weighted by Gasteiger charge is -2.31. The lowest BCUT2D eigenvalue weighted by atomic mass is 10.1. The number of nitrogens with one attached hydrogen (secondary N) is 1. The molecule has 0 aromatic heterocycles. The number of aryl methyl sites for hydroxylation is 2. The van der Waals surface area contributed by atoms with Gasteiger partial charge < -0.3 is 15.0 Å². The average Bonchev–Trinajstić information content (AvgIpc) is 2.90. The fourth-order valence-electron chi connectivity index (χ4n) is 3.80. The van der Waals surface area contributed by atoms with Gasteiger partial charge in [-0.1, -0.05) is 47.5 Å². The first kappa shape index (κ1) is 27.7. The van der Waals surface area contributed by atoms with Crippen LogP contribution in [0.4, 0.5) is 5.69 Å². The monoisotopic (exact) mass is 523 g/mol. The number of nitrogens with zero attached hydrogens (tertiary/aromatic N) is 2. The number of methoxy groups -OCH3 is 1. The Hall–Kier alpha value is -3.85. The van der Waals surface area contributed by atoms with Gasteiger partial charge in [-0.3, -0.25) is 13.9 Å². The largest absolute Gasteiger partial charge is 0.497 e. The molecule has 1 atom stereocenters. The molecule has 2 amide bonds. The average molecular weight is 524 g/mol. The lowest BCUT2D eigenvalue weighted by molar-refractivity contribution is -0.139. The van der Waals surface area contributed by atoms with Crippen molar-refractivity contribution in [3.63, 3.8) is 0 Å². The molecule has 0 radical (unpaired) electrons. The van der Waals surface area contributed by atoms with Crippen LogP contribution in [0.2, 0.25) is 0 Å². The molecule has 0 heterocycles. The van der Waals surface area contributed by atoms with Gasteiger partial charge in [0.15, 0.2) is 0 Å². The van der Waals surface area contributed by atoms with Crippen molar-refractivity contribution in [1.82, 2.24) is 10.2 Å². The fourth-order valence-corrected chi connectivity index (χ4v) is 5.21. The van der Waals surface area contributed by atoms with Gasteiger partial charge >= 0.3 is 0 Å². The van der Waals surface area contributed by atoms with Crippen LogP contribution in [-0.2, 0) is 26.2 Å². The predicted octanol–water partition coefficient (Wildman–Crippen LogP) is 3.67. The highest BCUT2D eigenvalue weighted by Crippen LogP contribution is 2.26. The van der Waals surface area contributed by atoms with Gasteiger partial charge in [0.05, 0.1) is 17.7 Å². The zero-order chi connectivity index (χ0) is 27.2. The minimum atomic E-state index is -4.10. The summed E-state index contributed by atoms with van der Waals surface area (Å²) in [5, 5.41) is 2.58. The predicted molar refractivity (Wildman–Crippen MR) is 144 cm³/mol. The van der Waals surface area contributed by atoms with Gasteiger partial charge in [-0.05, 0) is 62.7 Å². The highest BCUT2D eigenvalue weighted by Gasteiger charge is 2.32. The molecule has 3 rings (SSSR count). The third-order valence-corrected chi connectivity index (χ3v) is 7.92. The Morgan fingerprint density at radius 3 is 1.95 bits per heavy atom. The highest BCUT2D eigenvalue weighted by molar-refractivity contribution is 7.92. The smallest absolute Gasteiger partial charge is 0.264 e. The molecule has 0 aliphatic rings. The number of hydrogen-bond acceptors (Lipinski definition) is 5. The number of likely N-dealkylation sites (N-methyl/N-ethyl adjacent to an activating group) is 1. The van der Waals surface area contributed by atoms with E-state index < -0.39 is 28.5 Å². The maximum atomic E-state index is 13.8. The minimum absolute atomic E-state index is 0.0613. The topological polar surface area (TPSA) is 96.0 Å². The molecule has 0 bridgehead atoms. The lowest BCUT2D eigenvalue weighted by Crippen LogP contribution is -2.50. The molecule has 0 spiro atoms. The second kappa shape index (κ2) is 11.9. The van der Waals surface area contributed by atoms with Crippen LogP contribution >= 0.6 is 0 Å². The zero-order valence-corrected chi connectivity index (χ0v) is 22.6. The third-order valence-electron chi connectivity index (χ3n) is 6.14. The van der Waals surface area contributed by atoms with E-state index in [0.29, 0.717) is 11.4 Å². The summed E-state index contributed by atoms with van der Waals surface area (Å²) in [6.07, 6.45) is 0. The van der Waals surface area contributed by atoms with E-state index in [-0.39, 0.29) is 17.3 Å². The molecule has 1 N–H and O–H groups in total. The van der Waals surface area contributed by atoms with Crippen molar-refractivity contribution in [2.45, 2.75) is 38.3 Å². The molecule has 0 fully saturated rings. The number of benzene rings is 3. The fraction of sp³-hybridized carbons (Fsp3) is 0.286. The maximum Gasteiger partial charge on any atom is 0.264 e. The summed E-state index contributed by atoms with van der Waals surface area (Å²) in [6, 6.07) is 19.7. The van der Waals surface area contributed by atoms with Crippen molar-refractivity contribution >= 4 is 27.5 Å². The van der Waals surface area contributed by atoms with Crippen LogP contribution in [0.15, 0.2) is 77.7 Å². The minimum Gasteiger partial charge on any atom is -0.497 e.